The molecule has 0 saturated carbocycles. The van der Waals surface area contributed by atoms with Crippen molar-refractivity contribution in [3.63, 3.8) is 0 Å². The van der Waals surface area contributed by atoms with Crippen LogP contribution in [0.4, 0.5) is 8.78 Å². The number of hydrogen-bond acceptors (Lipinski definition) is 4. The molecule has 1 atom stereocenters. The average Bonchev–Trinajstić information content (AvgIpc) is 2.67. The van der Waals surface area contributed by atoms with Crippen molar-refractivity contribution in [3.8, 4) is 17.0 Å². The van der Waals surface area contributed by atoms with Crippen LogP contribution in [0.2, 0.25) is 0 Å². The van der Waals surface area contributed by atoms with Crippen molar-refractivity contribution in [2.45, 2.75) is 12.6 Å². The minimum atomic E-state index is -1.88. The highest BCUT2D eigenvalue weighted by molar-refractivity contribution is 5.73. The summed E-state index contributed by atoms with van der Waals surface area (Å²) >= 11 is 0. The van der Waals surface area contributed by atoms with Gasteiger partial charge in [0.25, 0.3) is 6.36 Å². The van der Waals surface area contributed by atoms with E-state index in [0.717, 1.165) is 6.07 Å². The predicted octanol–water partition coefficient (Wildman–Crippen LogP) is 1.57. The van der Waals surface area contributed by atoms with Gasteiger partial charge in [-0.15, -0.1) is 0 Å². The highest BCUT2D eigenvalue weighted by atomic mass is 19.1. The van der Waals surface area contributed by atoms with Crippen LogP contribution in [0.5, 0.6) is 5.75 Å². The van der Waals surface area contributed by atoms with Crippen LogP contribution in [0.1, 0.15) is 23.9 Å². The molecule has 0 amide bonds. The zero-order valence-electron chi connectivity index (χ0n) is 9.84. The number of alkyl halides is 1. The van der Waals surface area contributed by atoms with E-state index in [1.54, 1.807) is 7.05 Å². The van der Waals surface area contributed by atoms with E-state index >= 15 is 0 Å². The molecule has 0 saturated heterocycles. The molecule has 5 nitrogen and oxygen atoms in total. The van der Waals surface area contributed by atoms with Crippen LogP contribution in [-0.2, 0) is 7.05 Å². The van der Waals surface area contributed by atoms with Crippen LogP contribution < -0.4 is 4.74 Å². The Hall–Kier alpha value is -1.99. The van der Waals surface area contributed by atoms with Gasteiger partial charge in [0, 0.05) is 18.2 Å². The van der Waals surface area contributed by atoms with Crippen LogP contribution in [-0.4, -0.2) is 20.0 Å². The lowest BCUT2D eigenvalue weighted by Gasteiger charge is -2.22. The number of ether oxygens (including phenoxy) is 1. The molecule has 3 rings (SSSR count). The minimum absolute atomic E-state index is 0.0379. The number of aryl methyl sites for hydroxylation is 1. The van der Waals surface area contributed by atoms with Crippen LogP contribution in [0, 0.1) is 5.82 Å². The first-order valence-corrected chi connectivity index (χ1v) is 5.52. The van der Waals surface area contributed by atoms with Gasteiger partial charge in [-0.2, -0.15) is 9.49 Å². The Morgan fingerprint density at radius 3 is 2.84 bits per heavy atom. The second-order valence-electron chi connectivity index (χ2n) is 4.23. The van der Waals surface area contributed by atoms with Gasteiger partial charge < -0.3 is 14.9 Å². The SMILES string of the molecule is Cn1nc(C(O)O)c2c1-c1ccc(F)cc1C(F)O2. The van der Waals surface area contributed by atoms with Gasteiger partial charge in [0.05, 0.1) is 0 Å². The number of nitrogens with zero attached hydrogens (tertiary/aromatic N) is 2. The molecule has 0 bridgehead atoms. The summed E-state index contributed by atoms with van der Waals surface area (Å²) in [5.41, 5.74) is 0.675. The van der Waals surface area contributed by atoms with Gasteiger partial charge in [0.2, 0.25) is 6.29 Å². The number of fused-ring (bicyclic) bond motifs is 3. The molecule has 1 unspecified atom stereocenters. The third-order valence-electron chi connectivity index (χ3n) is 3.01. The van der Waals surface area contributed by atoms with E-state index in [0.29, 0.717) is 11.3 Å². The molecule has 100 valence electrons. The molecule has 1 aromatic heterocycles. The van der Waals surface area contributed by atoms with Gasteiger partial charge in [-0.05, 0) is 18.2 Å². The van der Waals surface area contributed by atoms with Gasteiger partial charge in [-0.25, -0.2) is 4.39 Å². The summed E-state index contributed by atoms with van der Waals surface area (Å²) in [6.07, 6.45) is -3.75. The maximum Gasteiger partial charge on any atom is 0.265 e. The molecule has 7 heteroatoms. The number of halogens is 2. The first-order valence-electron chi connectivity index (χ1n) is 5.52. The Morgan fingerprint density at radius 2 is 2.16 bits per heavy atom. The number of hydrogen-bond donors (Lipinski definition) is 2. The van der Waals surface area contributed by atoms with Crippen LogP contribution in [0.25, 0.3) is 11.3 Å². The van der Waals surface area contributed by atoms with Crippen molar-refractivity contribution < 1.29 is 23.7 Å². The maximum absolute atomic E-state index is 13.9. The molecule has 1 aliphatic heterocycles. The first-order chi connectivity index (χ1) is 8.99. The fourth-order valence-corrected chi connectivity index (χ4v) is 2.21. The quantitative estimate of drug-likeness (QED) is 0.770. The van der Waals surface area contributed by atoms with Gasteiger partial charge >= 0.3 is 0 Å². The maximum atomic E-state index is 13.9. The third kappa shape index (κ3) is 1.70. The van der Waals surface area contributed by atoms with Gasteiger partial charge in [0.1, 0.15) is 11.5 Å². The molecule has 1 aliphatic rings. The second-order valence-corrected chi connectivity index (χ2v) is 4.23. The minimum Gasteiger partial charge on any atom is -0.452 e. The Morgan fingerprint density at radius 1 is 1.42 bits per heavy atom. The molecule has 0 aliphatic carbocycles. The van der Waals surface area contributed by atoms with Crippen molar-refractivity contribution in [2.75, 3.05) is 0 Å². The summed E-state index contributed by atoms with van der Waals surface area (Å²) in [5, 5.41) is 22.3. The summed E-state index contributed by atoms with van der Waals surface area (Å²) in [6, 6.07) is 3.65. The van der Waals surface area contributed by atoms with Crippen molar-refractivity contribution in [3.05, 3.63) is 35.3 Å². The van der Waals surface area contributed by atoms with Crippen LogP contribution in [0.15, 0.2) is 18.2 Å². The fraction of sp³-hybridized carbons (Fsp3) is 0.250. The summed E-state index contributed by atoms with van der Waals surface area (Å²) in [7, 11) is 1.56. The van der Waals surface area contributed by atoms with Crippen molar-refractivity contribution >= 4 is 0 Å². The molecule has 0 spiro atoms. The largest absolute Gasteiger partial charge is 0.452 e. The Balaban J connectivity index is 2.28. The highest BCUT2D eigenvalue weighted by Crippen LogP contribution is 2.45. The van der Waals surface area contributed by atoms with Gasteiger partial charge in [-0.3, -0.25) is 4.68 Å². The molecule has 19 heavy (non-hydrogen) atoms. The van der Waals surface area contributed by atoms with Crippen LogP contribution in [0.3, 0.4) is 0 Å². The Labute approximate surface area is 106 Å². The van der Waals surface area contributed by atoms with E-state index in [4.69, 9.17) is 4.74 Å². The number of aliphatic hydroxyl groups excluding tert-OH is 1. The highest BCUT2D eigenvalue weighted by Gasteiger charge is 2.33. The van der Waals surface area contributed by atoms with E-state index in [1.807, 2.05) is 0 Å². The fourth-order valence-electron chi connectivity index (χ4n) is 2.21. The third-order valence-corrected chi connectivity index (χ3v) is 3.01. The van der Waals surface area contributed by atoms with E-state index in [9.17, 15) is 19.0 Å². The van der Waals surface area contributed by atoms with Crippen molar-refractivity contribution in [1.82, 2.24) is 9.78 Å². The molecule has 0 fully saturated rings. The smallest absolute Gasteiger partial charge is 0.265 e. The number of rotatable bonds is 1. The molecule has 2 heterocycles. The lowest BCUT2D eigenvalue weighted by Crippen LogP contribution is -2.12. The zero-order valence-corrected chi connectivity index (χ0v) is 9.84. The lowest BCUT2D eigenvalue weighted by molar-refractivity contribution is -0.0502. The second kappa shape index (κ2) is 4.01. The summed E-state index contributed by atoms with van der Waals surface area (Å²) in [6.45, 7) is 0. The molecular formula is C12H10F2N2O3. The van der Waals surface area contributed by atoms with E-state index in [2.05, 4.69) is 5.10 Å². The summed E-state index contributed by atoms with van der Waals surface area (Å²) in [4.78, 5) is 0. The lowest BCUT2D eigenvalue weighted by atomic mass is 10.0. The predicted molar refractivity (Wildman–Crippen MR) is 60.3 cm³/mol. The Bertz CT molecular complexity index is 655. The molecule has 2 aromatic rings. The topological polar surface area (TPSA) is 67.5 Å². The number of benzene rings is 1. The Kier molecular flexibility index (Phi) is 2.54. The van der Waals surface area contributed by atoms with Crippen molar-refractivity contribution in [2.24, 2.45) is 7.05 Å². The summed E-state index contributed by atoms with van der Waals surface area (Å²) < 4.78 is 33.4. The van der Waals surface area contributed by atoms with E-state index in [-0.39, 0.29) is 17.0 Å². The monoisotopic (exact) mass is 268 g/mol. The number of aliphatic hydroxyl groups is 2. The van der Waals surface area contributed by atoms with Gasteiger partial charge in [-0.1, -0.05) is 0 Å². The first kappa shape index (κ1) is 12.1. The van der Waals surface area contributed by atoms with E-state index in [1.165, 1.54) is 16.8 Å². The molecule has 2 N–H and O–H groups in total. The van der Waals surface area contributed by atoms with Crippen LogP contribution >= 0.6 is 0 Å². The summed E-state index contributed by atoms with van der Waals surface area (Å²) in [5.74, 6) is -0.609. The van der Waals surface area contributed by atoms with Crippen molar-refractivity contribution in [1.29, 1.82) is 0 Å². The average molecular weight is 268 g/mol. The van der Waals surface area contributed by atoms with E-state index < -0.39 is 18.5 Å². The standard InChI is InChI=1S/C12H10F2N2O3/c1-16-9-6-3-2-5(13)4-7(6)11(14)19-10(9)8(15-16)12(17)18/h2-4,11-12,17-18H,1H3. The molecular weight excluding hydrogens is 258 g/mol. The number of aromatic nitrogens is 2. The van der Waals surface area contributed by atoms with Gasteiger partial charge in [0.15, 0.2) is 11.4 Å². The molecule has 0 radical (unpaired) electrons. The zero-order chi connectivity index (χ0) is 13.7. The normalized spacial score (nSPS) is 17.1. The molecule has 1 aromatic carbocycles.